The Morgan fingerprint density at radius 2 is 1.79 bits per heavy atom. The molecule has 0 spiro atoms. The number of benzene rings is 1. The third kappa shape index (κ3) is 1.85. The number of urea groups is 1. The first-order chi connectivity index (χ1) is 8.99. The first-order valence-corrected chi connectivity index (χ1v) is 5.80. The lowest BCUT2D eigenvalue weighted by molar-refractivity contribution is 0.203. The first-order valence-electron chi connectivity index (χ1n) is 5.80. The van der Waals surface area contributed by atoms with E-state index in [1.807, 2.05) is 0 Å². The molecule has 1 heterocycles. The number of nitrogens with zero attached hydrogens (tertiary/aromatic N) is 2. The average Bonchev–Trinajstić information content (AvgIpc) is 3.11. The number of halogens is 3. The normalized spacial score (nSPS) is 22.9. The molecule has 0 radical (unpaired) electrons. The second-order valence-electron chi connectivity index (χ2n) is 4.66. The predicted octanol–water partition coefficient (Wildman–Crippen LogP) is 2.10. The molecular formula is C12H10F3N3O. The van der Waals surface area contributed by atoms with Crippen molar-refractivity contribution in [3.8, 4) is 0 Å². The molecule has 1 aliphatic carbocycles. The van der Waals surface area contributed by atoms with Crippen molar-refractivity contribution in [1.82, 2.24) is 4.90 Å². The summed E-state index contributed by atoms with van der Waals surface area (Å²) in [7, 11) is 0. The second kappa shape index (κ2) is 3.97. The molecule has 7 heteroatoms. The van der Waals surface area contributed by atoms with E-state index in [9.17, 15) is 18.0 Å². The highest BCUT2D eigenvalue weighted by Crippen LogP contribution is 2.38. The van der Waals surface area contributed by atoms with E-state index in [-0.39, 0.29) is 17.4 Å². The van der Waals surface area contributed by atoms with Gasteiger partial charge in [0.15, 0.2) is 17.5 Å². The molecule has 1 aromatic rings. The van der Waals surface area contributed by atoms with Crippen molar-refractivity contribution in [3.05, 3.63) is 35.1 Å². The van der Waals surface area contributed by atoms with Crippen LogP contribution in [0.1, 0.15) is 24.4 Å². The minimum Gasteiger partial charge on any atom is -0.385 e. The summed E-state index contributed by atoms with van der Waals surface area (Å²) >= 11 is 0. The monoisotopic (exact) mass is 269 g/mol. The quantitative estimate of drug-likeness (QED) is 0.836. The van der Waals surface area contributed by atoms with E-state index in [4.69, 9.17) is 5.73 Å². The van der Waals surface area contributed by atoms with Crippen LogP contribution in [0, 0.1) is 17.5 Å². The summed E-state index contributed by atoms with van der Waals surface area (Å²) in [5.74, 6) is -4.18. The summed E-state index contributed by atoms with van der Waals surface area (Å²) in [5.41, 5.74) is 5.74. The number of nitrogens with two attached hydrogens (primary N) is 1. The van der Waals surface area contributed by atoms with E-state index >= 15 is 0 Å². The van der Waals surface area contributed by atoms with Crippen LogP contribution in [-0.2, 0) is 0 Å². The Bertz CT molecular complexity index is 575. The fraction of sp³-hybridized carbons (Fsp3) is 0.333. The van der Waals surface area contributed by atoms with Gasteiger partial charge in [0.1, 0.15) is 11.9 Å². The number of aliphatic imine (C=N–C) groups is 1. The lowest BCUT2D eigenvalue weighted by Crippen LogP contribution is -2.35. The summed E-state index contributed by atoms with van der Waals surface area (Å²) in [6, 6.07) is 0.344. The molecular weight excluding hydrogens is 259 g/mol. The van der Waals surface area contributed by atoms with E-state index in [0.717, 1.165) is 25.0 Å². The summed E-state index contributed by atoms with van der Waals surface area (Å²) < 4.78 is 39.5. The molecule has 0 bridgehead atoms. The standard InChI is InChI=1S/C12H10F3N3O/c13-7-3-5(4-8(14)9(7)15)10-11(16)17-12(19)18(10)6-1-2-6/h3-4,6,10H,1-2H2,(H2,16,17,19). The van der Waals surface area contributed by atoms with Gasteiger partial charge in [0.25, 0.3) is 0 Å². The number of amides is 2. The molecule has 4 nitrogen and oxygen atoms in total. The third-order valence-corrected chi connectivity index (χ3v) is 3.27. The number of carbonyl (C=O) groups excluding carboxylic acids is 1. The van der Waals surface area contributed by atoms with E-state index in [1.54, 1.807) is 0 Å². The Kier molecular flexibility index (Phi) is 2.51. The van der Waals surface area contributed by atoms with Gasteiger partial charge >= 0.3 is 6.03 Å². The van der Waals surface area contributed by atoms with Crippen molar-refractivity contribution in [3.63, 3.8) is 0 Å². The van der Waals surface area contributed by atoms with Crippen LogP contribution in [0.15, 0.2) is 17.1 Å². The average molecular weight is 269 g/mol. The molecule has 0 saturated heterocycles. The van der Waals surface area contributed by atoms with Crippen molar-refractivity contribution in [2.24, 2.45) is 10.7 Å². The highest BCUT2D eigenvalue weighted by atomic mass is 19.2. The number of hydrogen-bond donors (Lipinski definition) is 1. The second-order valence-corrected chi connectivity index (χ2v) is 4.66. The minimum atomic E-state index is -1.54. The zero-order valence-corrected chi connectivity index (χ0v) is 9.74. The van der Waals surface area contributed by atoms with Crippen molar-refractivity contribution in [2.45, 2.75) is 24.9 Å². The summed E-state index contributed by atoms with van der Waals surface area (Å²) in [6.45, 7) is 0. The molecule has 2 aliphatic rings. The number of amidine groups is 1. The zero-order chi connectivity index (χ0) is 13.7. The van der Waals surface area contributed by atoms with Gasteiger partial charge in [0, 0.05) is 6.04 Å². The molecule has 0 aromatic heterocycles. The third-order valence-electron chi connectivity index (χ3n) is 3.27. The Morgan fingerprint density at radius 1 is 1.21 bits per heavy atom. The van der Waals surface area contributed by atoms with Gasteiger partial charge in [-0.15, -0.1) is 0 Å². The Balaban J connectivity index is 2.04. The maximum absolute atomic E-state index is 13.3. The van der Waals surface area contributed by atoms with Crippen LogP contribution in [0.2, 0.25) is 0 Å². The van der Waals surface area contributed by atoms with Crippen LogP contribution in [0.3, 0.4) is 0 Å². The van der Waals surface area contributed by atoms with E-state index < -0.39 is 29.5 Å². The van der Waals surface area contributed by atoms with Gasteiger partial charge in [-0.3, -0.25) is 0 Å². The SMILES string of the molecule is NC1=NC(=O)N(C2CC2)C1c1cc(F)c(F)c(F)c1. The maximum Gasteiger partial charge on any atom is 0.346 e. The Hall–Kier alpha value is -2.05. The molecule has 1 fully saturated rings. The van der Waals surface area contributed by atoms with Gasteiger partial charge in [0.2, 0.25) is 0 Å². The summed E-state index contributed by atoms with van der Waals surface area (Å²) in [5, 5.41) is 0. The fourth-order valence-electron chi connectivity index (χ4n) is 2.27. The van der Waals surface area contributed by atoms with Crippen LogP contribution < -0.4 is 5.73 Å². The van der Waals surface area contributed by atoms with Gasteiger partial charge in [0.05, 0.1) is 0 Å². The summed E-state index contributed by atoms with van der Waals surface area (Å²) in [4.78, 5) is 16.7. The molecule has 100 valence electrons. The van der Waals surface area contributed by atoms with Crippen molar-refractivity contribution >= 4 is 11.9 Å². The molecule has 1 aromatic carbocycles. The van der Waals surface area contributed by atoms with Gasteiger partial charge in [-0.1, -0.05) is 0 Å². The highest BCUT2D eigenvalue weighted by Gasteiger charge is 2.44. The van der Waals surface area contributed by atoms with Crippen LogP contribution in [0.25, 0.3) is 0 Å². The Labute approximate surface area is 106 Å². The number of rotatable bonds is 2. The molecule has 1 atom stereocenters. The van der Waals surface area contributed by atoms with E-state index in [2.05, 4.69) is 4.99 Å². The van der Waals surface area contributed by atoms with Crippen molar-refractivity contribution in [2.75, 3.05) is 0 Å². The lowest BCUT2D eigenvalue weighted by Gasteiger charge is -2.24. The fourth-order valence-corrected chi connectivity index (χ4v) is 2.27. The minimum absolute atomic E-state index is 0.0153. The molecule has 1 unspecified atom stereocenters. The topological polar surface area (TPSA) is 58.7 Å². The van der Waals surface area contributed by atoms with Crippen molar-refractivity contribution < 1.29 is 18.0 Å². The summed E-state index contributed by atoms with van der Waals surface area (Å²) in [6.07, 6.45) is 1.61. The van der Waals surface area contributed by atoms with Gasteiger partial charge < -0.3 is 10.6 Å². The van der Waals surface area contributed by atoms with E-state index in [1.165, 1.54) is 4.90 Å². The van der Waals surface area contributed by atoms with Crippen LogP contribution in [-0.4, -0.2) is 22.8 Å². The maximum atomic E-state index is 13.3. The van der Waals surface area contributed by atoms with Crippen LogP contribution in [0.4, 0.5) is 18.0 Å². The van der Waals surface area contributed by atoms with Gasteiger partial charge in [-0.25, -0.2) is 18.0 Å². The predicted molar refractivity (Wildman–Crippen MR) is 60.9 cm³/mol. The molecule has 2 amide bonds. The Morgan fingerprint density at radius 3 is 2.32 bits per heavy atom. The zero-order valence-electron chi connectivity index (χ0n) is 9.74. The highest BCUT2D eigenvalue weighted by molar-refractivity contribution is 6.03. The van der Waals surface area contributed by atoms with Gasteiger partial charge in [-0.2, -0.15) is 4.99 Å². The molecule has 2 N–H and O–H groups in total. The van der Waals surface area contributed by atoms with Crippen LogP contribution >= 0.6 is 0 Å². The smallest absolute Gasteiger partial charge is 0.346 e. The van der Waals surface area contributed by atoms with Crippen molar-refractivity contribution in [1.29, 1.82) is 0 Å². The first kappa shape index (κ1) is 12.0. The lowest BCUT2D eigenvalue weighted by atomic mass is 10.0. The molecule has 19 heavy (non-hydrogen) atoms. The molecule has 1 aliphatic heterocycles. The molecule has 1 saturated carbocycles. The van der Waals surface area contributed by atoms with Crippen LogP contribution in [0.5, 0.6) is 0 Å². The van der Waals surface area contributed by atoms with E-state index in [0.29, 0.717) is 0 Å². The molecule has 3 rings (SSSR count). The largest absolute Gasteiger partial charge is 0.385 e. The number of hydrogen-bond acceptors (Lipinski definition) is 2. The van der Waals surface area contributed by atoms with Gasteiger partial charge in [-0.05, 0) is 30.5 Å². The number of carbonyl (C=O) groups is 1.